The summed E-state index contributed by atoms with van der Waals surface area (Å²) in [5.41, 5.74) is 2.30. The predicted molar refractivity (Wildman–Crippen MR) is 57.4 cm³/mol. The first-order chi connectivity index (χ1) is 5.79. The zero-order valence-electron chi connectivity index (χ0n) is 6.45. The van der Waals surface area contributed by atoms with Gasteiger partial charge in [0.25, 0.3) is 0 Å². The maximum atomic E-state index is 4.21. The molecule has 0 radical (unpaired) electrons. The van der Waals surface area contributed by atoms with Crippen LogP contribution >= 0.6 is 22.9 Å². The number of hydrazone groups is 1. The van der Waals surface area contributed by atoms with Crippen LogP contribution < -0.4 is 3.22 Å². The van der Waals surface area contributed by atoms with Crippen molar-refractivity contribution in [3.63, 3.8) is 0 Å². The molecule has 1 aromatic rings. The Morgan fingerprint density at radius 1 is 1.58 bits per heavy atom. The summed E-state index contributed by atoms with van der Waals surface area (Å²) in [5, 5.41) is 3.96. The standard InChI is InChI=1S/C8H6IN3/c1-6-2-4-10-8-7(6)3-5-11-12(8)9/h2-4H,1H3. The molecule has 0 unspecified atom stereocenters. The monoisotopic (exact) mass is 271 g/mol. The van der Waals surface area contributed by atoms with Gasteiger partial charge in [-0.05, 0) is 18.6 Å². The Morgan fingerprint density at radius 2 is 2.42 bits per heavy atom. The fraction of sp³-hybridized carbons (Fsp3) is 0.125. The van der Waals surface area contributed by atoms with E-state index in [-0.39, 0.29) is 0 Å². The number of anilines is 1. The second-order valence-electron chi connectivity index (χ2n) is 2.50. The summed E-state index contributed by atoms with van der Waals surface area (Å²) in [7, 11) is 0. The maximum absolute atomic E-state index is 4.21. The van der Waals surface area contributed by atoms with Crippen molar-refractivity contribution in [2.45, 2.75) is 6.92 Å². The van der Waals surface area contributed by atoms with E-state index in [0.29, 0.717) is 0 Å². The van der Waals surface area contributed by atoms with Crippen molar-refractivity contribution in [1.82, 2.24) is 4.98 Å². The number of fused-ring (bicyclic) bond motifs is 1. The minimum atomic E-state index is 0.884. The highest BCUT2D eigenvalue weighted by molar-refractivity contribution is 14.1. The average Bonchev–Trinajstić information content (AvgIpc) is 2.07. The van der Waals surface area contributed by atoms with Crippen LogP contribution in [0.25, 0.3) is 6.08 Å². The number of nitrogens with zero attached hydrogens (tertiary/aromatic N) is 3. The van der Waals surface area contributed by atoms with E-state index in [4.69, 9.17) is 0 Å². The van der Waals surface area contributed by atoms with Gasteiger partial charge in [0.05, 0.1) is 22.9 Å². The maximum Gasteiger partial charge on any atom is 0.168 e. The van der Waals surface area contributed by atoms with Crippen LogP contribution in [0.5, 0.6) is 0 Å². The van der Waals surface area contributed by atoms with Crippen molar-refractivity contribution in [2.75, 3.05) is 3.22 Å². The number of pyridine rings is 1. The molecule has 0 aliphatic carbocycles. The molecule has 2 heterocycles. The molecular weight excluding hydrogens is 265 g/mol. The second kappa shape index (κ2) is 2.88. The van der Waals surface area contributed by atoms with Gasteiger partial charge in [0.2, 0.25) is 0 Å². The highest BCUT2D eigenvalue weighted by atomic mass is 127. The van der Waals surface area contributed by atoms with Gasteiger partial charge in [-0.25, -0.2) is 4.98 Å². The lowest BCUT2D eigenvalue weighted by atomic mass is 10.1. The first-order valence-electron chi connectivity index (χ1n) is 3.50. The third-order valence-electron chi connectivity index (χ3n) is 1.72. The van der Waals surface area contributed by atoms with Crippen molar-refractivity contribution in [3.05, 3.63) is 23.4 Å². The summed E-state index contributed by atoms with van der Waals surface area (Å²) < 4.78 is 1.69. The quantitative estimate of drug-likeness (QED) is 0.534. The van der Waals surface area contributed by atoms with Gasteiger partial charge in [-0.3, -0.25) is 0 Å². The van der Waals surface area contributed by atoms with Crippen LogP contribution in [0.2, 0.25) is 0 Å². The van der Waals surface area contributed by atoms with E-state index >= 15 is 0 Å². The number of halogens is 1. The first kappa shape index (κ1) is 7.76. The summed E-state index contributed by atoms with van der Waals surface area (Å²) in [6.07, 6.45) is 3.64. The molecule has 0 saturated carbocycles. The van der Waals surface area contributed by atoms with Gasteiger partial charge in [-0.15, -0.1) is 5.10 Å². The van der Waals surface area contributed by atoms with Crippen molar-refractivity contribution in [2.24, 2.45) is 5.10 Å². The molecule has 60 valence electrons. The topological polar surface area (TPSA) is 28.5 Å². The normalized spacial score (nSPS) is 13.3. The Balaban J connectivity index is 2.70. The molecule has 1 aliphatic heterocycles. The minimum Gasteiger partial charge on any atom is -0.236 e. The van der Waals surface area contributed by atoms with Crippen LogP contribution in [0, 0.1) is 6.92 Å². The summed E-state index contributed by atoms with van der Waals surface area (Å²) in [6.45, 7) is 2.05. The molecular formula is C8H6IN3. The lowest BCUT2D eigenvalue weighted by Crippen LogP contribution is -2.07. The van der Waals surface area contributed by atoms with E-state index < -0.39 is 0 Å². The number of hydrogen-bond acceptors (Lipinski definition) is 3. The molecule has 1 aromatic heterocycles. The smallest absolute Gasteiger partial charge is 0.168 e. The second-order valence-corrected chi connectivity index (χ2v) is 3.41. The molecule has 0 spiro atoms. The molecule has 2 rings (SSSR count). The van der Waals surface area contributed by atoms with Crippen LogP contribution in [0.3, 0.4) is 0 Å². The first-order valence-corrected chi connectivity index (χ1v) is 4.46. The highest BCUT2D eigenvalue weighted by Crippen LogP contribution is 2.26. The minimum absolute atomic E-state index is 0.884. The van der Waals surface area contributed by atoms with Crippen molar-refractivity contribution in [3.8, 4) is 0 Å². The van der Waals surface area contributed by atoms with Crippen molar-refractivity contribution >= 4 is 40.6 Å². The van der Waals surface area contributed by atoms with Crippen molar-refractivity contribution < 1.29 is 0 Å². The van der Waals surface area contributed by atoms with Gasteiger partial charge in [-0.1, -0.05) is 0 Å². The Morgan fingerprint density at radius 3 is 3.17 bits per heavy atom. The van der Waals surface area contributed by atoms with E-state index in [9.17, 15) is 0 Å². The van der Waals surface area contributed by atoms with E-state index in [1.807, 2.05) is 12.1 Å². The highest BCUT2D eigenvalue weighted by Gasteiger charge is 2.11. The third-order valence-corrected chi connectivity index (χ3v) is 2.39. The summed E-state index contributed by atoms with van der Waals surface area (Å²) in [5.74, 6) is 3.69. The van der Waals surface area contributed by atoms with E-state index in [1.165, 1.54) is 5.56 Å². The van der Waals surface area contributed by atoms with E-state index in [2.05, 4.69) is 45.7 Å². The molecule has 0 fully saturated rings. The van der Waals surface area contributed by atoms with Crippen LogP contribution in [0.4, 0.5) is 5.82 Å². The Kier molecular flexibility index (Phi) is 1.86. The zero-order valence-corrected chi connectivity index (χ0v) is 8.61. The lowest BCUT2D eigenvalue weighted by molar-refractivity contribution is 1.14. The number of hydrogen-bond donors (Lipinski definition) is 0. The molecule has 3 nitrogen and oxygen atoms in total. The predicted octanol–water partition coefficient (Wildman–Crippen LogP) is 2.16. The van der Waals surface area contributed by atoms with Gasteiger partial charge in [0.1, 0.15) is 0 Å². The summed E-state index contributed by atoms with van der Waals surface area (Å²) in [6, 6.07) is 1.98. The summed E-state index contributed by atoms with van der Waals surface area (Å²) in [4.78, 5) is 4.21. The number of aryl methyl sites for hydroxylation is 1. The fourth-order valence-corrected chi connectivity index (χ4v) is 1.58. The van der Waals surface area contributed by atoms with Gasteiger partial charge in [0.15, 0.2) is 5.82 Å². The van der Waals surface area contributed by atoms with Gasteiger partial charge < -0.3 is 0 Å². The SMILES string of the molecule is Cc1ccnc2c1C=C=NN2I. The summed E-state index contributed by atoms with van der Waals surface area (Å²) >= 11 is 2.09. The number of rotatable bonds is 0. The van der Waals surface area contributed by atoms with Gasteiger partial charge >= 0.3 is 0 Å². The molecule has 0 N–H and O–H groups in total. The Labute approximate surface area is 84.3 Å². The average molecular weight is 271 g/mol. The third kappa shape index (κ3) is 1.13. The molecule has 4 heteroatoms. The molecule has 1 aliphatic rings. The number of aromatic nitrogens is 1. The zero-order chi connectivity index (χ0) is 8.55. The Bertz CT molecular complexity index is 380. The molecule has 0 saturated heterocycles. The fourth-order valence-electron chi connectivity index (χ4n) is 1.07. The molecule has 0 atom stereocenters. The van der Waals surface area contributed by atoms with Crippen LogP contribution in [-0.2, 0) is 0 Å². The largest absolute Gasteiger partial charge is 0.236 e. The lowest BCUT2D eigenvalue weighted by Gasteiger charge is -2.14. The molecule has 0 amide bonds. The van der Waals surface area contributed by atoms with Crippen LogP contribution in [-0.4, -0.2) is 10.9 Å². The van der Waals surface area contributed by atoms with Crippen LogP contribution in [0.1, 0.15) is 11.1 Å². The Hall–Kier alpha value is -0.870. The molecule has 0 bridgehead atoms. The van der Waals surface area contributed by atoms with E-state index in [1.54, 1.807) is 9.42 Å². The van der Waals surface area contributed by atoms with Gasteiger partial charge in [-0.2, -0.15) is 3.22 Å². The molecule has 12 heavy (non-hydrogen) atoms. The van der Waals surface area contributed by atoms with E-state index in [0.717, 1.165) is 11.4 Å². The van der Waals surface area contributed by atoms with Crippen molar-refractivity contribution in [1.29, 1.82) is 0 Å². The van der Waals surface area contributed by atoms with Crippen LogP contribution in [0.15, 0.2) is 17.4 Å². The molecule has 0 aromatic carbocycles. The van der Waals surface area contributed by atoms with Gasteiger partial charge in [0, 0.05) is 23.7 Å².